The van der Waals surface area contributed by atoms with Gasteiger partial charge in [0, 0.05) is 30.6 Å². The van der Waals surface area contributed by atoms with Crippen LogP contribution >= 0.6 is 0 Å². The highest BCUT2D eigenvalue weighted by Gasteiger charge is 2.39. The number of likely N-dealkylation sites (tertiary alicyclic amines) is 1. The number of hydrogen-bond donors (Lipinski definition) is 3. The molecule has 5 nitrogen and oxygen atoms in total. The normalized spacial score (nSPS) is 30.4. The second kappa shape index (κ2) is 8.16. The van der Waals surface area contributed by atoms with Gasteiger partial charge in [-0.05, 0) is 38.6 Å². The van der Waals surface area contributed by atoms with Crippen molar-refractivity contribution in [1.29, 1.82) is 0 Å². The SMILES string of the molecule is CCCCN1CCC(NC(=O)NC2CCCC2(C)CO)CC1. The summed E-state index contributed by atoms with van der Waals surface area (Å²) in [6.45, 7) is 7.80. The molecule has 128 valence electrons. The third kappa shape index (κ3) is 4.59. The van der Waals surface area contributed by atoms with Gasteiger partial charge in [-0.1, -0.05) is 26.7 Å². The van der Waals surface area contributed by atoms with Crippen LogP contribution in [0.1, 0.15) is 58.8 Å². The Morgan fingerprint density at radius 2 is 2.00 bits per heavy atom. The molecule has 3 N–H and O–H groups in total. The van der Waals surface area contributed by atoms with Crippen molar-refractivity contribution in [3.63, 3.8) is 0 Å². The van der Waals surface area contributed by atoms with Gasteiger partial charge in [-0.25, -0.2) is 4.79 Å². The fourth-order valence-corrected chi connectivity index (χ4v) is 3.74. The number of carbonyl (C=O) groups excluding carboxylic acids is 1. The molecule has 2 rings (SSSR count). The minimum atomic E-state index is -0.152. The Hall–Kier alpha value is -0.810. The van der Waals surface area contributed by atoms with Crippen LogP contribution in [0.3, 0.4) is 0 Å². The number of urea groups is 1. The highest BCUT2D eigenvalue weighted by molar-refractivity contribution is 5.74. The van der Waals surface area contributed by atoms with E-state index in [4.69, 9.17) is 0 Å². The highest BCUT2D eigenvalue weighted by Crippen LogP contribution is 2.37. The second-order valence-electron chi connectivity index (χ2n) is 7.34. The van der Waals surface area contributed by atoms with E-state index in [1.165, 1.54) is 19.4 Å². The molecule has 2 atom stereocenters. The van der Waals surface area contributed by atoms with E-state index in [-0.39, 0.29) is 24.1 Å². The topological polar surface area (TPSA) is 64.6 Å². The van der Waals surface area contributed by atoms with Gasteiger partial charge in [-0.3, -0.25) is 0 Å². The Morgan fingerprint density at radius 3 is 2.64 bits per heavy atom. The quantitative estimate of drug-likeness (QED) is 0.704. The molecule has 2 unspecified atom stereocenters. The third-order valence-electron chi connectivity index (χ3n) is 5.50. The van der Waals surface area contributed by atoms with Gasteiger partial charge in [-0.15, -0.1) is 0 Å². The largest absolute Gasteiger partial charge is 0.396 e. The van der Waals surface area contributed by atoms with E-state index in [0.717, 1.165) is 45.2 Å². The van der Waals surface area contributed by atoms with Crippen molar-refractivity contribution < 1.29 is 9.90 Å². The molecule has 0 bridgehead atoms. The van der Waals surface area contributed by atoms with Crippen LogP contribution in [-0.2, 0) is 0 Å². The predicted molar refractivity (Wildman–Crippen MR) is 88.9 cm³/mol. The van der Waals surface area contributed by atoms with Crippen molar-refractivity contribution in [3.8, 4) is 0 Å². The number of nitrogens with zero attached hydrogens (tertiary/aromatic N) is 1. The number of nitrogens with one attached hydrogen (secondary N) is 2. The molecule has 0 aromatic heterocycles. The zero-order valence-electron chi connectivity index (χ0n) is 14.2. The van der Waals surface area contributed by atoms with Gasteiger partial charge < -0.3 is 20.6 Å². The zero-order chi connectivity index (χ0) is 16.0. The average Bonchev–Trinajstić information content (AvgIpc) is 2.88. The Morgan fingerprint density at radius 1 is 1.27 bits per heavy atom. The van der Waals surface area contributed by atoms with Crippen molar-refractivity contribution in [2.24, 2.45) is 5.41 Å². The highest BCUT2D eigenvalue weighted by atomic mass is 16.3. The molecule has 1 saturated carbocycles. The van der Waals surface area contributed by atoms with E-state index in [0.29, 0.717) is 6.04 Å². The van der Waals surface area contributed by atoms with Crippen molar-refractivity contribution in [3.05, 3.63) is 0 Å². The van der Waals surface area contributed by atoms with Gasteiger partial charge in [0.15, 0.2) is 0 Å². The molecule has 22 heavy (non-hydrogen) atoms. The summed E-state index contributed by atoms with van der Waals surface area (Å²) in [5.74, 6) is 0. The van der Waals surface area contributed by atoms with Crippen LogP contribution in [0, 0.1) is 5.41 Å². The molecule has 1 saturated heterocycles. The van der Waals surface area contributed by atoms with E-state index >= 15 is 0 Å². The molecule has 1 aliphatic carbocycles. The Bertz CT molecular complexity index is 356. The van der Waals surface area contributed by atoms with Crippen LogP contribution in [0.2, 0.25) is 0 Å². The lowest BCUT2D eigenvalue weighted by Crippen LogP contribution is -2.52. The molecule has 0 aromatic rings. The molecular weight excluding hydrogens is 278 g/mol. The number of amides is 2. The minimum absolute atomic E-state index is 0.0569. The predicted octanol–water partition coefficient (Wildman–Crippen LogP) is 2.10. The van der Waals surface area contributed by atoms with E-state index in [2.05, 4.69) is 29.4 Å². The van der Waals surface area contributed by atoms with Crippen LogP contribution in [0.15, 0.2) is 0 Å². The lowest BCUT2D eigenvalue weighted by molar-refractivity contribution is 0.120. The molecule has 0 radical (unpaired) electrons. The first-order chi connectivity index (χ1) is 10.6. The van der Waals surface area contributed by atoms with Crippen molar-refractivity contribution in [1.82, 2.24) is 15.5 Å². The van der Waals surface area contributed by atoms with Gasteiger partial charge in [0.2, 0.25) is 0 Å². The molecule has 2 fully saturated rings. The number of carbonyl (C=O) groups is 1. The second-order valence-corrected chi connectivity index (χ2v) is 7.34. The summed E-state index contributed by atoms with van der Waals surface area (Å²) >= 11 is 0. The van der Waals surface area contributed by atoms with Gasteiger partial charge in [0.1, 0.15) is 0 Å². The van der Waals surface area contributed by atoms with Crippen LogP contribution in [0.4, 0.5) is 4.79 Å². The van der Waals surface area contributed by atoms with Crippen LogP contribution < -0.4 is 10.6 Å². The maximum absolute atomic E-state index is 12.2. The van der Waals surface area contributed by atoms with Crippen LogP contribution in [0.5, 0.6) is 0 Å². The number of aliphatic hydroxyl groups excluding tert-OH is 1. The van der Waals surface area contributed by atoms with Crippen LogP contribution in [0.25, 0.3) is 0 Å². The maximum atomic E-state index is 12.2. The Labute approximate surface area is 134 Å². The monoisotopic (exact) mass is 311 g/mol. The lowest BCUT2D eigenvalue weighted by Gasteiger charge is -2.34. The number of rotatable bonds is 6. The fourth-order valence-electron chi connectivity index (χ4n) is 3.74. The van der Waals surface area contributed by atoms with E-state index < -0.39 is 0 Å². The Kier molecular flexibility index (Phi) is 6.50. The first-order valence-corrected chi connectivity index (χ1v) is 8.97. The zero-order valence-corrected chi connectivity index (χ0v) is 14.2. The molecule has 2 aliphatic rings. The van der Waals surface area contributed by atoms with Crippen molar-refractivity contribution in [2.45, 2.75) is 70.9 Å². The lowest BCUT2D eigenvalue weighted by atomic mass is 9.86. The van der Waals surface area contributed by atoms with Gasteiger partial charge in [0.25, 0.3) is 0 Å². The fraction of sp³-hybridized carbons (Fsp3) is 0.941. The summed E-state index contributed by atoms with van der Waals surface area (Å²) in [6.07, 6.45) is 7.63. The summed E-state index contributed by atoms with van der Waals surface area (Å²) in [5, 5.41) is 15.8. The molecular formula is C17H33N3O2. The first-order valence-electron chi connectivity index (χ1n) is 8.97. The molecule has 5 heteroatoms. The van der Waals surface area contributed by atoms with Crippen molar-refractivity contribution in [2.75, 3.05) is 26.2 Å². The smallest absolute Gasteiger partial charge is 0.315 e. The van der Waals surface area contributed by atoms with Gasteiger partial charge in [0.05, 0.1) is 6.61 Å². The summed E-state index contributed by atoms with van der Waals surface area (Å²) in [4.78, 5) is 14.7. The number of unbranched alkanes of at least 4 members (excludes halogenated alkanes) is 1. The molecule has 1 heterocycles. The summed E-state index contributed by atoms with van der Waals surface area (Å²) in [7, 11) is 0. The maximum Gasteiger partial charge on any atom is 0.315 e. The number of aliphatic hydroxyl groups is 1. The van der Waals surface area contributed by atoms with Gasteiger partial charge in [-0.2, -0.15) is 0 Å². The number of piperidine rings is 1. The van der Waals surface area contributed by atoms with Gasteiger partial charge >= 0.3 is 6.03 Å². The molecule has 0 spiro atoms. The summed E-state index contributed by atoms with van der Waals surface area (Å²) in [6, 6.07) is 0.334. The molecule has 1 aliphatic heterocycles. The van der Waals surface area contributed by atoms with E-state index in [1.54, 1.807) is 0 Å². The van der Waals surface area contributed by atoms with E-state index in [1.807, 2.05) is 0 Å². The summed E-state index contributed by atoms with van der Waals surface area (Å²) in [5.41, 5.74) is -0.152. The summed E-state index contributed by atoms with van der Waals surface area (Å²) < 4.78 is 0. The minimum Gasteiger partial charge on any atom is -0.396 e. The van der Waals surface area contributed by atoms with Crippen LogP contribution in [-0.4, -0.2) is 54.4 Å². The Balaban J connectivity index is 1.70. The molecule has 0 aromatic carbocycles. The third-order valence-corrected chi connectivity index (χ3v) is 5.50. The first kappa shape index (κ1) is 17.5. The number of hydrogen-bond acceptors (Lipinski definition) is 3. The van der Waals surface area contributed by atoms with Crippen molar-refractivity contribution >= 4 is 6.03 Å². The molecule has 2 amide bonds. The van der Waals surface area contributed by atoms with E-state index in [9.17, 15) is 9.90 Å². The average molecular weight is 311 g/mol. The standard InChI is InChI=1S/C17H33N3O2/c1-3-4-10-20-11-7-14(8-12-20)18-16(22)19-15-6-5-9-17(15,2)13-21/h14-15,21H,3-13H2,1-2H3,(H2,18,19,22).